The SMILES string of the molecule is C#CCCn1cc(C=O)c2ccccc21. The summed E-state index contributed by atoms with van der Waals surface area (Å²) in [6.45, 7) is 0.755. The average molecular weight is 197 g/mol. The summed E-state index contributed by atoms with van der Waals surface area (Å²) in [5.74, 6) is 2.60. The number of carbonyl (C=O) groups excluding carboxylic acids is 1. The van der Waals surface area contributed by atoms with Gasteiger partial charge >= 0.3 is 0 Å². The number of hydrogen-bond donors (Lipinski definition) is 0. The third-order valence-corrected chi connectivity index (χ3v) is 2.44. The summed E-state index contributed by atoms with van der Waals surface area (Å²) < 4.78 is 2.03. The highest BCUT2D eigenvalue weighted by atomic mass is 16.1. The van der Waals surface area contributed by atoms with E-state index in [0.29, 0.717) is 6.42 Å². The lowest BCUT2D eigenvalue weighted by Crippen LogP contribution is -1.94. The first-order valence-electron chi connectivity index (χ1n) is 4.83. The number of aromatic nitrogens is 1. The van der Waals surface area contributed by atoms with Crippen molar-refractivity contribution >= 4 is 17.2 Å². The van der Waals surface area contributed by atoms with Gasteiger partial charge in [-0.05, 0) is 6.07 Å². The fourth-order valence-corrected chi connectivity index (χ4v) is 1.74. The van der Waals surface area contributed by atoms with Gasteiger partial charge < -0.3 is 4.57 Å². The number of terminal acetylenes is 1. The number of rotatable bonds is 3. The molecular weight excluding hydrogens is 186 g/mol. The van der Waals surface area contributed by atoms with Crippen molar-refractivity contribution in [2.75, 3.05) is 0 Å². The number of fused-ring (bicyclic) bond motifs is 1. The topological polar surface area (TPSA) is 22.0 Å². The van der Waals surface area contributed by atoms with Crippen molar-refractivity contribution in [2.24, 2.45) is 0 Å². The van der Waals surface area contributed by atoms with Crippen LogP contribution < -0.4 is 0 Å². The van der Waals surface area contributed by atoms with E-state index in [1.54, 1.807) is 0 Å². The van der Waals surface area contributed by atoms with E-state index in [0.717, 1.165) is 29.3 Å². The molecule has 0 aliphatic rings. The average Bonchev–Trinajstić information content (AvgIpc) is 2.65. The molecule has 2 heteroatoms. The van der Waals surface area contributed by atoms with Crippen LogP contribution in [0.25, 0.3) is 10.9 Å². The molecule has 0 aliphatic heterocycles. The highest BCUT2D eigenvalue weighted by Crippen LogP contribution is 2.19. The van der Waals surface area contributed by atoms with Crippen molar-refractivity contribution in [2.45, 2.75) is 13.0 Å². The van der Waals surface area contributed by atoms with Crippen LogP contribution in [0.5, 0.6) is 0 Å². The summed E-state index contributed by atoms with van der Waals surface area (Å²) in [4.78, 5) is 10.9. The highest BCUT2D eigenvalue weighted by molar-refractivity contribution is 5.97. The zero-order chi connectivity index (χ0) is 10.7. The Morgan fingerprint density at radius 2 is 2.20 bits per heavy atom. The van der Waals surface area contributed by atoms with Crippen molar-refractivity contribution in [1.82, 2.24) is 4.57 Å². The Kier molecular flexibility index (Phi) is 2.55. The van der Waals surface area contributed by atoms with Gasteiger partial charge in [0.05, 0.1) is 0 Å². The predicted octanol–water partition coefficient (Wildman–Crippen LogP) is 2.48. The van der Waals surface area contributed by atoms with Crippen molar-refractivity contribution < 1.29 is 4.79 Å². The Bertz CT molecular complexity index is 531. The molecule has 1 heterocycles. The molecule has 15 heavy (non-hydrogen) atoms. The van der Waals surface area contributed by atoms with E-state index in [4.69, 9.17) is 6.42 Å². The number of aldehydes is 1. The van der Waals surface area contributed by atoms with Crippen LogP contribution in [0, 0.1) is 12.3 Å². The van der Waals surface area contributed by atoms with Gasteiger partial charge in [0.25, 0.3) is 0 Å². The molecule has 0 saturated carbocycles. The Morgan fingerprint density at radius 3 is 2.93 bits per heavy atom. The molecule has 0 radical (unpaired) electrons. The van der Waals surface area contributed by atoms with Crippen molar-refractivity contribution in [3.8, 4) is 12.3 Å². The second kappa shape index (κ2) is 4.02. The lowest BCUT2D eigenvalue weighted by molar-refractivity contribution is 0.112. The summed E-state index contributed by atoms with van der Waals surface area (Å²) in [7, 11) is 0. The van der Waals surface area contributed by atoms with E-state index in [9.17, 15) is 4.79 Å². The van der Waals surface area contributed by atoms with Gasteiger partial charge in [0.1, 0.15) is 0 Å². The van der Waals surface area contributed by atoms with E-state index in [1.807, 2.05) is 35.0 Å². The zero-order valence-corrected chi connectivity index (χ0v) is 8.31. The number of benzene rings is 1. The maximum Gasteiger partial charge on any atom is 0.152 e. The standard InChI is InChI=1S/C13H11NO/c1-2-3-8-14-9-11(10-15)12-6-4-5-7-13(12)14/h1,4-7,9-10H,3,8H2. The van der Waals surface area contributed by atoms with Crippen molar-refractivity contribution in [1.29, 1.82) is 0 Å². The van der Waals surface area contributed by atoms with E-state index in [2.05, 4.69) is 5.92 Å². The fraction of sp³-hybridized carbons (Fsp3) is 0.154. The Labute approximate surface area is 88.5 Å². The molecule has 0 bridgehead atoms. The molecule has 0 saturated heterocycles. The van der Waals surface area contributed by atoms with Crippen LogP contribution in [0.1, 0.15) is 16.8 Å². The van der Waals surface area contributed by atoms with Crippen LogP contribution in [0.2, 0.25) is 0 Å². The van der Waals surface area contributed by atoms with Crippen LogP contribution in [-0.4, -0.2) is 10.9 Å². The smallest absolute Gasteiger partial charge is 0.152 e. The van der Waals surface area contributed by atoms with Crippen LogP contribution in [-0.2, 0) is 6.54 Å². The maximum absolute atomic E-state index is 10.9. The lowest BCUT2D eigenvalue weighted by Gasteiger charge is -2.00. The van der Waals surface area contributed by atoms with Crippen molar-refractivity contribution in [3.63, 3.8) is 0 Å². The second-order valence-electron chi connectivity index (χ2n) is 3.37. The first-order chi connectivity index (χ1) is 7.36. The molecule has 0 spiro atoms. The van der Waals surface area contributed by atoms with Crippen LogP contribution in [0.3, 0.4) is 0 Å². The van der Waals surface area contributed by atoms with Gasteiger partial charge in [-0.15, -0.1) is 12.3 Å². The Balaban J connectivity index is 2.55. The molecule has 74 valence electrons. The van der Waals surface area contributed by atoms with E-state index >= 15 is 0 Å². The molecular formula is C13H11NO. The van der Waals surface area contributed by atoms with Gasteiger partial charge in [-0.25, -0.2) is 0 Å². The molecule has 2 aromatic rings. The molecule has 0 atom stereocenters. The minimum Gasteiger partial charge on any atom is -0.346 e. The first-order valence-corrected chi connectivity index (χ1v) is 4.83. The van der Waals surface area contributed by atoms with Crippen LogP contribution >= 0.6 is 0 Å². The summed E-state index contributed by atoms with van der Waals surface area (Å²) in [5, 5.41) is 0.990. The van der Waals surface area contributed by atoms with Crippen LogP contribution in [0.15, 0.2) is 30.5 Å². The first kappa shape index (κ1) is 9.54. The molecule has 0 fully saturated rings. The lowest BCUT2D eigenvalue weighted by atomic mass is 10.2. The second-order valence-corrected chi connectivity index (χ2v) is 3.37. The van der Waals surface area contributed by atoms with Gasteiger partial charge in [-0.3, -0.25) is 4.79 Å². The maximum atomic E-state index is 10.9. The Morgan fingerprint density at radius 1 is 1.40 bits per heavy atom. The molecule has 0 N–H and O–H groups in total. The molecule has 0 amide bonds. The molecule has 0 aliphatic carbocycles. The summed E-state index contributed by atoms with van der Waals surface area (Å²) in [6, 6.07) is 7.84. The van der Waals surface area contributed by atoms with Gasteiger partial charge in [0.2, 0.25) is 0 Å². The molecule has 0 unspecified atom stereocenters. The summed E-state index contributed by atoms with van der Waals surface area (Å²) >= 11 is 0. The largest absolute Gasteiger partial charge is 0.346 e. The van der Waals surface area contributed by atoms with Crippen molar-refractivity contribution in [3.05, 3.63) is 36.0 Å². The molecule has 1 aromatic heterocycles. The van der Waals surface area contributed by atoms with Gasteiger partial charge in [-0.1, -0.05) is 18.2 Å². The number of hydrogen-bond acceptors (Lipinski definition) is 1. The number of nitrogens with zero attached hydrogens (tertiary/aromatic N) is 1. The highest BCUT2D eigenvalue weighted by Gasteiger charge is 2.05. The Hall–Kier alpha value is -2.01. The van der Waals surface area contributed by atoms with E-state index in [1.165, 1.54) is 0 Å². The predicted molar refractivity (Wildman–Crippen MR) is 60.8 cm³/mol. The minimum absolute atomic E-state index is 0.678. The van der Waals surface area contributed by atoms with E-state index in [-0.39, 0.29) is 0 Å². The summed E-state index contributed by atoms with van der Waals surface area (Å²) in [5.41, 5.74) is 1.79. The quantitative estimate of drug-likeness (QED) is 0.547. The number of carbonyl (C=O) groups is 1. The third-order valence-electron chi connectivity index (χ3n) is 2.44. The molecule has 2 nitrogen and oxygen atoms in total. The third kappa shape index (κ3) is 1.64. The monoisotopic (exact) mass is 197 g/mol. The number of para-hydroxylation sites is 1. The molecule has 2 rings (SSSR count). The minimum atomic E-state index is 0.678. The van der Waals surface area contributed by atoms with Crippen LogP contribution in [0.4, 0.5) is 0 Å². The normalized spacial score (nSPS) is 10.1. The molecule has 1 aromatic carbocycles. The van der Waals surface area contributed by atoms with Gasteiger partial charge in [-0.2, -0.15) is 0 Å². The van der Waals surface area contributed by atoms with Gasteiger partial charge in [0.15, 0.2) is 6.29 Å². The van der Waals surface area contributed by atoms with E-state index < -0.39 is 0 Å². The summed E-state index contributed by atoms with van der Waals surface area (Å²) in [6.07, 6.45) is 8.64. The zero-order valence-electron chi connectivity index (χ0n) is 8.31. The van der Waals surface area contributed by atoms with Gasteiger partial charge in [0, 0.05) is 35.6 Å². The fourth-order valence-electron chi connectivity index (χ4n) is 1.74. The number of aryl methyl sites for hydroxylation is 1.